The SMILES string of the molecule is CCOCCCNC(=S)Nc1ccc(F)c(Br)c1. The molecule has 1 aromatic rings. The van der Waals surface area contributed by atoms with Crippen LogP contribution in [-0.2, 0) is 4.74 Å². The monoisotopic (exact) mass is 334 g/mol. The predicted octanol–water partition coefficient (Wildman–Crippen LogP) is 3.30. The molecular weight excluding hydrogens is 319 g/mol. The topological polar surface area (TPSA) is 33.3 Å². The van der Waals surface area contributed by atoms with Crippen molar-refractivity contribution in [3.05, 3.63) is 28.5 Å². The number of ether oxygens (including phenoxy) is 1. The number of thiocarbonyl (C=S) groups is 1. The number of rotatable bonds is 6. The van der Waals surface area contributed by atoms with Crippen molar-refractivity contribution in [2.45, 2.75) is 13.3 Å². The lowest BCUT2D eigenvalue weighted by atomic mass is 10.3. The van der Waals surface area contributed by atoms with E-state index in [1.807, 2.05) is 6.92 Å². The second-order valence-electron chi connectivity index (χ2n) is 3.56. The van der Waals surface area contributed by atoms with Crippen LogP contribution < -0.4 is 10.6 Å². The smallest absolute Gasteiger partial charge is 0.170 e. The fourth-order valence-corrected chi connectivity index (χ4v) is 1.87. The summed E-state index contributed by atoms with van der Waals surface area (Å²) in [6.45, 7) is 4.15. The van der Waals surface area contributed by atoms with Crippen LogP contribution in [-0.4, -0.2) is 24.9 Å². The van der Waals surface area contributed by atoms with Crippen molar-refractivity contribution in [3.8, 4) is 0 Å². The first-order valence-corrected chi connectivity index (χ1v) is 6.91. The number of halogens is 2. The molecule has 0 heterocycles. The molecule has 0 bridgehead atoms. The summed E-state index contributed by atoms with van der Waals surface area (Å²) in [7, 11) is 0. The van der Waals surface area contributed by atoms with Gasteiger partial charge in [-0.1, -0.05) is 0 Å². The van der Waals surface area contributed by atoms with Gasteiger partial charge in [0.25, 0.3) is 0 Å². The minimum absolute atomic E-state index is 0.295. The molecular formula is C12H16BrFN2OS. The summed E-state index contributed by atoms with van der Waals surface area (Å²) in [4.78, 5) is 0. The number of benzene rings is 1. The van der Waals surface area contributed by atoms with Crippen molar-refractivity contribution in [2.75, 3.05) is 25.1 Å². The molecule has 1 rings (SSSR count). The third-order valence-corrected chi connectivity index (χ3v) is 2.99. The lowest BCUT2D eigenvalue weighted by molar-refractivity contribution is 0.146. The first-order valence-electron chi connectivity index (χ1n) is 5.71. The molecule has 0 aliphatic heterocycles. The molecule has 0 saturated heterocycles. The molecule has 0 amide bonds. The molecule has 0 aromatic heterocycles. The van der Waals surface area contributed by atoms with E-state index in [4.69, 9.17) is 17.0 Å². The van der Waals surface area contributed by atoms with Crippen molar-refractivity contribution in [2.24, 2.45) is 0 Å². The van der Waals surface area contributed by atoms with Crippen LogP contribution in [0.25, 0.3) is 0 Å². The molecule has 0 aliphatic rings. The van der Waals surface area contributed by atoms with Crippen LogP contribution in [0, 0.1) is 5.82 Å². The summed E-state index contributed by atoms with van der Waals surface area (Å²) in [5.74, 6) is -0.295. The quantitative estimate of drug-likeness (QED) is 0.617. The number of nitrogens with one attached hydrogen (secondary N) is 2. The Labute approximate surface area is 120 Å². The van der Waals surface area contributed by atoms with Gasteiger partial charge in [0.1, 0.15) is 5.82 Å². The average Bonchev–Trinajstić information content (AvgIpc) is 2.34. The van der Waals surface area contributed by atoms with Crippen LogP contribution in [0.2, 0.25) is 0 Å². The molecule has 6 heteroatoms. The second-order valence-corrected chi connectivity index (χ2v) is 4.82. The normalized spacial score (nSPS) is 10.2. The molecule has 0 saturated carbocycles. The molecule has 0 spiro atoms. The van der Waals surface area contributed by atoms with E-state index in [2.05, 4.69) is 26.6 Å². The minimum Gasteiger partial charge on any atom is -0.382 e. The van der Waals surface area contributed by atoms with Gasteiger partial charge in [0, 0.05) is 25.4 Å². The summed E-state index contributed by atoms with van der Waals surface area (Å²) >= 11 is 8.24. The van der Waals surface area contributed by atoms with Crippen molar-refractivity contribution in [1.29, 1.82) is 0 Å². The maximum atomic E-state index is 13.0. The van der Waals surface area contributed by atoms with Crippen molar-refractivity contribution in [1.82, 2.24) is 5.32 Å². The van der Waals surface area contributed by atoms with Crippen LogP contribution in [0.15, 0.2) is 22.7 Å². The van der Waals surface area contributed by atoms with E-state index in [0.29, 0.717) is 16.2 Å². The predicted molar refractivity (Wildman–Crippen MR) is 79.4 cm³/mol. The van der Waals surface area contributed by atoms with E-state index in [1.165, 1.54) is 6.07 Å². The lowest BCUT2D eigenvalue weighted by Gasteiger charge is -2.10. The Morgan fingerprint density at radius 3 is 2.94 bits per heavy atom. The summed E-state index contributed by atoms with van der Waals surface area (Å²) in [6, 6.07) is 4.65. The Bertz CT molecular complexity index is 404. The zero-order valence-corrected chi connectivity index (χ0v) is 12.5. The molecule has 0 radical (unpaired) electrons. The zero-order chi connectivity index (χ0) is 13.4. The molecule has 3 nitrogen and oxygen atoms in total. The maximum Gasteiger partial charge on any atom is 0.170 e. The molecule has 0 aliphatic carbocycles. The summed E-state index contributed by atoms with van der Waals surface area (Å²) < 4.78 is 18.6. The Kier molecular flexibility index (Phi) is 7.15. The zero-order valence-electron chi connectivity index (χ0n) is 10.1. The van der Waals surface area contributed by atoms with Crippen molar-refractivity contribution < 1.29 is 9.13 Å². The van der Waals surface area contributed by atoms with E-state index in [9.17, 15) is 4.39 Å². The van der Waals surface area contributed by atoms with Gasteiger partial charge in [-0.25, -0.2) is 4.39 Å². The van der Waals surface area contributed by atoms with Gasteiger partial charge in [0.2, 0.25) is 0 Å². The molecule has 1 aromatic carbocycles. The fourth-order valence-electron chi connectivity index (χ4n) is 1.27. The van der Waals surface area contributed by atoms with Gasteiger partial charge in [-0.2, -0.15) is 0 Å². The third-order valence-electron chi connectivity index (χ3n) is 2.13. The van der Waals surface area contributed by atoms with Gasteiger partial charge in [-0.3, -0.25) is 0 Å². The molecule has 18 heavy (non-hydrogen) atoms. The fraction of sp³-hybridized carbons (Fsp3) is 0.417. The van der Waals surface area contributed by atoms with E-state index < -0.39 is 0 Å². The second kappa shape index (κ2) is 8.39. The van der Waals surface area contributed by atoms with Gasteiger partial charge < -0.3 is 15.4 Å². The minimum atomic E-state index is -0.295. The van der Waals surface area contributed by atoms with E-state index in [-0.39, 0.29) is 5.82 Å². The van der Waals surface area contributed by atoms with Crippen LogP contribution in [0.3, 0.4) is 0 Å². The molecule has 2 N–H and O–H groups in total. The van der Waals surface area contributed by atoms with Gasteiger partial charge in [-0.15, -0.1) is 0 Å². The van der Waals surface area contributed by atoms with Crippen molar-refractivity contribution >= 4 is 38.9 Å². The molecule has 100 valence electrons. The number of anilines is 1. The maximum absolute atomic E-state index is 13.0. The highest BCUT2D eigenvalue weighted by Crippen LogP contribution is 2.19. The van der Waals surface area contributed by atoms with Gasteiger partial charge >= 0.3 is 0 Å². The van der Waals surface area contributed by atoms with Crippen molar-refractivity contribution in [3.63, 3.8) is 0 Å². The summed E-state index contributed by atoms with van der Waals surface area (Å²) in [5, 5.41) is 6.56. The highest BCUT2D eigenvalue weighted by Gasteiger charge is 2.01. The Hall–Kier alpha value is -0.720. The Morgan fingerprint density at radius 1 is 1.50 bits per heavy atom. The Balaban J connectivity index is 2.29. The summed E-state index contributed by atoms with van der Waals surface area (Å²) in [5.41, 5.74) is 0.741. The van der Waals surface area contributed by atoms with E-state index in [1.54, 1.807) is 12.1 Å². The third kappa shape index (κ3) is 5.75. The first-order chi connectivity index (χ1) is 8.63. The molecule has 0 fully saturated rings. The first kappa shape index (κ1) is 15.3. The number of hydrogen-bond donors (Lipinski definition) is 2. The van der Waals surface area contributed by atoms with Crippen LogP contribution in [0.1, 0.15) is 13.3 Å². The van der Waals surface area contributed by atoms with E-state index >= 15 is 0 Å². The Morgan fingerprint density at radius 2 is 2.28 bits per heavy atom. The van der Waals surface area contributed by atoms with Crippen LogP contribution in [0.5, 0.6) is 0 Å². The van der Waals surface area contributed by atoms with Gasteiger partial charge in [0.15, 0.2) is 5.11 Å². The van der Waals surface area contributed by atoms with Gasteiger partial charge in [0.05, 0.1) is 4.47 Å². The highest BCUT2D eigenvalue weighted by molar-refractivity contribution is 9.10. The highest BCUT2D eigenvalue weighted by atomic mass is 79.9. The van der Waals surface area contributed by atoms with Crippen LogP contribution in [0.4, 0.5) is 10.1 Å². The van der Waals surface area contributed by atoms with Gasteiger partial charge in [-0.05, 0) is 59.7 Å². The average molecular weight is 335 g/mol. The summed E-state index contributed by atoms with van der Waals surface area (Å²) in [6.07, 6.45) is 0.892. The van der Waals surface area contributed by atoms with Crippen LogP contribution >= 0.6 is 28.1 Å². The standard InChI is InChI=1S/C12H16BrFN2OS/c1-2-17-7-3-6-15-12(18)16-9-4-5-11(14)10(13)8-9/h4-5,8H,2-3,6-7H2,1H3,(H2,15,16,18). The largest absolute Gasteiger partial charge is 0.382 e. The molecule has 0 atom stereocenters. The lowest BCUT2D eigenvalue weighted by Crippen LogP contribution is -2.29. The molecule has 0 unspecified atom stereocenters. The number of hydrogen-bond acceptors (Lipinski definition) is 2. The van der Waals surface area contributed by atoms with E-state index in [0.717, 1.165) is 25.3 Å².